The molecule has 0 aliphatic carbocycles. The van der Waals surface area contributed by atoms with Gasteiger partial charge < -0.3 is 5.32 Å². The monoisotopic (exact) mass is 213 g/mol. The normalized spacial score (nSPS) is 13.1. The maximum atomic E-state index is 12.2. The zero-order valence-electron chi connectivity index (χ0n) is 9.13. The van der Waals surface area contributed by atoms with E-state index in [-0.39, 0.29) is 0 Å². The van der Waals surface area contributed by atoms with Crippen molar-refractivity contribution in [2.24, 2.45) is 0 Å². The molecule has 1 aromatic rings. The van der Waals surface area contributed by atoms with Crippen molar-refractivity contribution in [2.75, 3.05) is 0 Å². The summed E-state index contributed by atoms with van der Waals surface area (Å²) in [6, 6.07) is 7.26. The fourth-order valence-electron chi connectivity index (χ4n) is 1.26. The Bertz CT molecular complexity index is 282. The SMILES string of the molecule is CCc1ccc(CNC(C)C(F)F)cc1. The molecule has 0 saturated carbocycles. The number of alkyl halides is 2. The van der Waals surface area contributed by atoms with Crippen molar-refractivity contribution in [1.82, 2.24) is 5.32 Å². The van der Waals surface area contributed by atoms with Crippen LogP contribution in [-0.4, -0.2) is 12.5 Å². The first-order valence-electron chi connectivity index (χ1n) is 5.22. The van der Waals surface area contributed by atoms with E-state index in [1.54, 1.807) is 0 Å². The third-order valence-corrected chi connectivity index (χ3v) is 2.44. The van der Waals surface area contributed by atoms with Gasteiger partial charge in [-0.2, -0.15) is 0 Å². The van der Waals surface area contributed by atoms with Crippen LogP contribution in [0.2, 0.25) is 0 Å². The Kier molecular flexibility index (Phi) is 4.69. The van der Waals surface area contributed by atoms with E-state index in [0.717, 1.165) is 12.0 Å². The predicted octanol–water partition coefficient (Wildman–Crippen LogP) is 2.99. The van der Waals surface area contributed by atoms with Crippen molar-refractivity contribution >= 4 is 0 Å². The van der Waals surface area contributed by atoms with Gasteiger partial charge in [-0.25, -0.2) is 8.78 Å². The highest BCUT2D eigenvalue weighted by molar-refractivity contribution is 5.22. The number of hydrogen-bond acceptors (Lipinski definition) is 1. The summed E-state index contributed by atoms with van der Waals surface area (Å²) in [6.07, 6.45) is -1.30. The molecule has 0 amide bonds. The Balaban J connectivity index is 2.44. The summed E-state index contributed by atoms with van der Waals surface area (Å²) >= 11 is 0. The van der Waals surface area contributed by atoms with Crippen LogP contribution < -0.4 is 5.32 Å². The van der Waals surface area contributed by atoms with Gasteiger partial charge in [-0.05, 0) is 24.5 Å². The Morgan fingerprint density at radius 2 is 1.67 bits per heavy atom. The Morgan fingerprint density at radius 3 is 2.13 bits per heavy atom. The number of benzene rings is 1. The topological polar surface area (TPSA) is 12.0 Å². The van der Waals surface area contributed by atoms with Gasteiger partial charge in [-0.3, -0.25) is 0 Å². The zero-order valence-corrected chi connectivity index (χ0v) is 9.13. The number of hydrogen-bond donors (Lipinski definition) is 1. The minimum atomic E-state index is -2.31. The van der Waals surface area contributed by atoms with E-state index in [0.29, 0.717) is 6.54 Å². The second-order valence-corrected chi connectivity index (χ2v) is 3.67. The van der Waals surface area contributed by atoms with Crippen molar-refractivity contribution in [2.45, 2.75) is 39.3 Å². The molecule has 0 fully saturated rings. The van der Waals surface area contributed by atoms with E-state index in [2.05, 4.69) is 12.2 Å². The molecule has 1 nitrogen and oxygen atoms in total. The van der Waals surface area contributed by atoms with Crippen LogP contribution in [0.3, 0.4) is 0 Å². The quantitative estimate of drug-likeness (QED) is 0.792. The maximum Gasteiger partial charge on any atom is 0.253 e. The molecule has 1 N–H and O–H groups in total. The predicted molar refractivity (Wildman–Crippen MR) is 58.1 cm³/mol. The lowest BCUT2D eigenvalue weighted by Gasteiger charge is -2.12. The molecule has 15 heavy (non-hydrogen) atoms. The average Bonchev–Trinajstić information content (AvgIpc) is 2.26. The molecule has 1 unspecified atom stereocenters. The maximum absolute atomic E-state index is 12.2. The third-order valence-electron chi connectivity index (χ3n) is 2.44. The molecule has 0 aliphatic heterocycles. The van der Waals surface area contributed by atoms with Gasteiger partial charge >= 0.3 is 0 Å². The molecule has 0 bridgehead atoms. The van der Waals surface area contributed by atoms with Crippen LogP contribution in [0.5, 0.6) is 0 Å². The molecule has 0 heterocycles. The van der Waals surface area contributed by atoms with Gasteiger partial charge in [0.15, 0.2) is 0 Å². The minimum Gasteiger partial charge on any atom is -0.305 e. The molecule has 0 spiro atoms. The summed E-state index contributed by atoms with van der Waals surface area (Å²) in [5.41, 5.74) is 2.31. The van der Waals surface area contributed by atoms with Gasteiger partial charge in [0.25, 0.3) is 6.43 Å². The van der Waals surface area contributed by atoms with Crippen molar-refractivity contribution in [1.29, 1.82) is 0 Å². The highest BCUT2D eigenvalue weighted by Gasteiger charge is 2.12. The van der Waals surface area contributed by atoms with Crippen LogP contribution in [0.15, 0.2) is 24.3 Å². The Morgan fingerprint density at radius 1 is 1.13 bits per heavy atom. The van der Waals surface area contributed by atoms with Crippen molar-refractivity contribution in [3.05, 3.63) is 35.4 Å². The van der Waals surface area contributed by atoms with Crippen LogP contribution in [0.1, 0.15) is 25.0 Å². The molecule has 0 aliphatic rings. The van der Waals surface area contributed by atoms with Gasteiger partial charge in [0, 0.05) is 6.54 Å². The van der Waals surface area contributed by atoms with E-state index >= 15 is 0 Å². The summed E-state index contributed by atoms with van der Waals surface area (Å²) in [5.74, 6) is 0. The highest BCUT2D eigenvalue weighted by Crippen LogP contribution is 2.06. The Labute approximate surface area is 89.5 Å². The summed E-state index contributed by atoms with van der Waals surface area (Å²) in [7, 11) is 0. The van der Waals surface area contributed by atoms with E-state index in [1.807, 2.05) is 24.3 Å². The number of nitrogens with one attached hydrogen (secondary N) is 1. The molecule has 3 heteroatoms. The van der Waals surface area contributed by atoms with Gasteiger partial charge in [0.1, 0.15) is 0 Å². The first kappa shape index (κ1) is 12.1. The number of halogens is 2. The number of aryl methyl sites for hydroxylation is 1. The second kappa shape index (κ2) is 5.81. The fourth-order valence-corrected chi connectivity index (χ4v) is 1.26. The molecule has 0 radical (unpaired) electrons. The molecule has 0 saturated heterocycles. The summed E-state index contributed by atoms with van der Waals surface area (Å²) in [5, 5.41) is 2.79. The van der Waals surface area contributed by atoms with Gasteiger partial charge in [0.05, 0.1) is 6.04 Å². The lowest BCUT2D eigenvalue weighted by atomic mass is 10.1. The molecule has 84 valence electrons. The standard InChI is InChI=1S/C12H17F2N/c1-3-10-4-6-11(7-5-10)8-15-9(2)12(13)14/h4-7,9,12,15H,3,8H2,1-2H3. The second-order valence-electron chi connectivity index (χ2n) is 3.67. The highest BCUT2D eigenvalue weighted by atomic mass is 19.3. The van der Waals surface area contributed by atoms with E-state index in [9.17, 15) is 8.78 Å². The fraction of sp³-hybridized carbons (Fsp3) is 0.500. The summed E-state index contributed by atoms with van der Waals surface area (Å²) < 4.78 is 24.4. The molecule has 0 aromatic heterocycles. The van der Waals surface area contributed by atoms with E-state index < -0.39 is 12.5 Å². The summed E-state index contributed by atoms with van der Waals surface area (Å²) in [4.78, 5) is 0. The smallest absolute Gasteiger partial charge is 0.253 e. The van der Waals surface area contributed by atoms with Gasteiger partial charge in [0.2, 0.25) is 0 Å². The number of rotatable bonds is 5. The van der Waals surface area contributed by atoms with Gasteiger partial charge in [-0.1, -0.05) is 31.2 Å². The van der Waals surface area contributed by atoms with Gasteiger partial charge in [-0.15, -0.1) is 0 Å². The molecule has 1 atom stereocenters. The summed E-state index contributed by atoms with van der Waals surface area (Å²) in [6.45, 7) is 4.08. The van der Waals surface area contributed by atoms with E-state index in [1.165, 1.54) is 12.5 Å². The van der Waals surface area contributed by atoms with Crippen LogP contribution in [0, 0.1) is 0 Å². The lowest BCUT2D eigenvalue weighted by molar-refractivity contribution is 0.105. The van der Waals surface area contributed by atoms with Crippen molar-refractivity contribution < 1.29 is 8.78 Å². The molecular weight excluding hydrogens is 196 g/mol. The molecular formula is C12H17F2N. The minimum absolute atomic E-state index is 0.496. The molecule has 1 aromatic carbocycles. The molecule has 1 rings (SSSR count). The van der Waals surface area contributed by atoms with Crippen LogP contribution >= 0.6 is 0 Å². The van der Waals surface area contributed by atoms with Crippen LogP contribution in [0.25, 0.3) is 0 Å². The third kappa shape index (κ3) is 3.96. The average molecular weight is 213 g/mol. The lowest BCUT2D eigenvalue weighted by Crippen LogP contribution is -2.31. The first-order chi connectivity index (χ1) is 7.13. The van der Waals surface area contributed by atoms with Crippen molar-refractivity contribution in [3.63, 3.8) is 0 Å². The zero-order chi connectivity index (χ0) is 11.3. The first-order valence-corrected chi connectivity index (χ1v) is 5.22. The van der Waals surface area contributed by atoms with Crippen LogP contribution in [0.4, 0.5) is 8.78 Å². The Hall–Kier alpha value is -0.960. The van der Waals surface area contributed by atoms with Crippen molar-refractivity contribution in [3.8, 4) is 0 Å². The van der Waals surface area contributed by atoms with Crippen LogP contribution in [-0.2, 0) is 13.0 Å². The largest absolute Gasteiger partial charge is 0.305 e. The van der Waals surface area contributed by atoms with E-state index in [4.69, 9.17) is 0 Å².